The van der Waals surface area contributed by atoms with E-state index in [9.17, 15) is 8.42 Å². The van der Waals surface area contributed by atoms with Gasteiger partial charge in [-0.1, -0.05) is 20.8 Å². The van der Waals surface area contributed by atoms with Gasteiger partial charge in [0, 0.05) is 30.0 Å². The first-order valence-corrected chi connectivity index (χ1v) is 9.67. The Labute approximate surface area is 132 Å². The molecule has 1 rings (SSSR count). The second-order valence-electron chi connectivity index (χ2n) is 5.22. The number of thiophene rings is 1. The van der Waals surface area contributed by atoms with Crippen molar-refractivity contribution in [3.63, 3.8) is 0 Å². The molecule has 0 atom stereocenters. The van der Waals surface area contributed by atoms with Crippen molar-refractivity contribution in [2.45, 2.75) is 38.6 Å². The van der Waals surface area contributed by atoms with Crippen LogP contribution in [0.15, 0.2) is 16.3 Å². The van der Waals surface area contributed by atoms with Gasteiger partial charge in [-0.15, -0.1) is 11.3 Å². The third-order valence-corrected chi connectivity index (χ3v) is 5.39. The summed E-state index contributed by atoms with van der Waals surface area (Å²) >= 11 is 1.45. The zero-order valence-corrected chi connectivity index (χ0v) is 14.6. The van der Waals surface area contributed by atoms with Crippen LogP contribution in [-0.4, -0.2) is 34.7 Å². The van der Waals surface area contributed by atoms with Gasteiger partial charge in [0.15, 0.2) is 0 Å². The minimum absolute atomic E-state index is 0.304. The van der Waals surface area contributed by atoms with Crippen molar-refractivity contribution in [1.29, 1.82) is 0 Å². The standard InChI is InChI=1S/C14H26N2O3S2/c1-4-15-10-13-9-14(11-20-13)21(17,18)16-6-8-19-7-5-12(2)3/h9,11-12,15-16H,4-8,10H2,1-3H3. The molecule has 1 aromatic rings. The summed E-state index contributed by atoms with van der Waals surface area (Å²) in [5, 5.41) is 4.86. The first-order chi connectivity index (χ1) is 9.95. The van der Waals surface area contributed by atoms with E-state index in [0.717, 1.165) is 17.8 Å². The van der Waals surface area contributed by atoms with Crippen LogP contribution in [0.2, 0.25) is 0 Å². The van der Waals surface area contributed by atoms with Gasteiger partial charge in [-0.3, -0.25) is 0 Å². The predicted octanol–water partition coefficient (Wildman–Crippen LogP) is 2.20. The molecule has 7 heteroatoms. The first-order valence-electron chi connectivity index (χ1n) is 7.31. The number of rotatable bonds is 11. The third kappa shape index (κ3) is 7.37. The van der Waals surface area contributed by atoms with Crippen molar-refractivity contribution in [2.24, 2.45) is 5.92 Å². The third-order valence-electron chi connectivity index (χ3n) is 2.87. The Balaban J connectivity index is 2.34. The molecule has 2 N–H and O–H groups in total. The zero-order valence-electron chi connectivity index (χ0n) is 13.0. The molecule has 0 unspecified atom stereocenters. The first kappa shape index (κ1) is 18.6. The Bertz CT molecular complexity index is 498. The van der Waals surface area contributed by atoms with E-state index in [1.54, 1.807) is 11.4 Å². The summed E-state index contributed by atoms with van der Waals surface area (Å²) in [6, 6.07) is 1.72. The largest absolute Gasteiger partial charge is 0.380 e. The van der Waals surface area contributed by atoms with Crippen molar-refractivity contribution < 1.29 is 13.2 Å². The van der Waals surface area contributed by atoms with Gasteiger partial charge >= 0.3 is 0 Å². The van der Waals surface area contributed by atoms with E-state index in [-0.39, 0.29) is 0 Å². The average molecular weight is 335 g/mol. The van der Waals surface area contributed by atoms with Crippen molar-refractivity contribution in [3.8, 4) is 0 Å². The molecule has 0 aromatic carbocycles. The van der Waals surface area contributed by atoms with E-state index in [2.05, 4.69) is 23.9 Å². The maximum absolute atomic E-state index is 12.1. The molecule has 5 nitrogen and oxygen atoms in total. The maximum Gasteiger partial charge on any atom is 0.241 e. The van der Waals surface area contributed by atoms with Crippen LogP contribution in [-0.2, 0) is 21.3 Å². The highest BCUT2D eigenvalue weighted by molar-refractivity contribution is 7.89. The fourth-order valence-corrected chi connectivity index (χ4v) is 3.85. The van der Waals surface area contributed by atoms with Crippen LogP contribution in [0.4, 0.5) is 0 Å². The van der Waals surface area contributed by atoms with Crippen LogP contribution in [0.1, 0.15) is 32.1 Å². The minimum Gasteiger partial charge on any atom is -0.380 e. The van der Waals surface area contributed by atoms with Crippen LogP contribution >= 0.6 is 11.3 Å². The SMILES string of the molecule is CCNCc1cc(S(=O)(=O)NCCOCCC(C)C)cs1. The molecule has 1 aromatic heterocycles. The van der Waals surface area contributed by atoms with Gasteiger partial charge in [-0.25, -0.2) is 13.1 Å². The monoisotopic (exact) mass is 334 g/mol. The number of hydrogen-bond donors (Lipinski definition) is 2. The van der Waals surface area contributed by atoms with Crippen molar-refractivity contribution in [3.05, 3.63) is 16.3 Å². The fourth-order valence-electron chi connectivity index (χ4n) is 1.59. The van der Waals surface area contributed by atoms with Gasteiger partial charge in [0.25, 0.3) is 0 Å². The molecule has 0 saturated carbocycles. The van der Waals surface area contributed by atoms with E-state index in [4.69, 9.17) is 4.74 Å². The van der Waals surface area contributed by atoms with E-state index in [0.29, 0.717) is 37.1 Å². The van der Waals surface area contributed by atoms with Crippen LogP contribution in [0.3, 0.4) is 0 Å². The van der Waals surface area contributed by atoms with Crippen molar-refractivity contribution >= 4 is 21.4 Å². The molecule has 1 heterocycles. The molecule has 0 fully saturated rings. The average Bonchev–Trinajstić information content (AvgIpc) is 2.89. The molecule has 0 amide bonds. The predicted molar refractivity (Wildman–Crippen MR) is 87.2 cm³/mol. The Hall–Kier alpha value is -0.470. The minimum atomic E-state index is -3.42. The lowest BCUT2D eigenvalue weighted by Gasteiger charge is -2.07. The Kier molecular flexibility index (Phi) is 8.43. The van der Waals surface area contributed by atoms with Crippen LogP contribution in [0.25, 0.3) is 0 Å². The molecular weight excluding hydrogens is 308 g/mol. The fraction of sp³-hybridized carbons (Fsp3) is 0.714. The molecule has 0 spiro atoms. The molecular formula is C14H26N2O3S2. The molecule has 0 aliphatic heterocycles. The van der Waals surface area contributed by atoms with E-state index >= 15 is 0 Å². The maximum atomic E-state index is 12.1. The quantitative estimate of drug-likeness (QED) is 0.609. The highest BCUT2D eigenvalue weighted by atomic mass is 32.2. The lowest BCUT2D eigenvalue weighted by Crippen LogP contribution is -2.27. The van der Waals surface area contributed by atoms with Crippen LogP contribution in [0, 0.1) is 5.92 Å². The molecule has 122 valence electrons. The zero-order chi connectivity index (χ0) is 15.7. The summed E-state index contributed by atoms with van der Waals surface area (Å²) in [5.41, 5.74) is 0. The summed E-state index contributed by atoms with van der Waals surface area (Å²) in [5.74, 6) is 0.600. The topological polar surface area (TPSA) is 67.4 Å². The van der Waals surface area contributed by atoms with Gasteiger partial charge in [-0.2, -0.15) is 0 Å². The molecule has 0 bridgehead atoms. The van der Waals surface area contributed by atoms with E-state index in [1.807, 2.05) is 6.92 Å². The highest BCUT2D eigenvalue weighted by Gasteiger charge is 2.15. The number of hydrogen-bond acceptors (Lipinski definition) is 5. The Morgan fingerprint density at radius 2 is 2.10 bits per heavy atom. The molecule has 21 heavy (non-hydrogen) atoms. The lowest BCUT2D eigenvalue weighted by molar-refractivity contribution is 0.128. The summed E-state index contributed by atoms with van der Waals surface area (Å²) in [4.78, 5) is 1.35. The summed E-state index contributed by atoms with van der Waals surface area (Å²) in [7, 11) is -3.42. The van der Waals surface area contributed by atoms with Crippen molar-refractivity contribution in [1.82, 2.24) is 10.0 Å². The summed E-state index contributed by atoms with van der Waals surface area (Å²) < 4.78 is 32.1. The second-order valence-corrected chi connectivity index (χ2v) is 7.98. The van der Waals surface area contributed by atoms with Crippen molar-refractivity contribution in [2.75, 3.05) is 26.3 Å². The lowest BCUT2D eigenvalue weighted by atomic mass is 10.1. The number of nitrogens with one attached hydrogen (secondary N) is 2. The molecule has 0 aliphatic rings. The molecule has 0 saturated heterocycles. The van der Waals surface area contributed by atoms with Gasteiger partial charge < -0.3 is 10.1 Å². The Morgan fingerprint density at radius 3 is 2.76 bits per heavy atom. The van der Waals surface area contributed by atoms with E-state index in [1.165, 1.54) is 11.3 Å². The smallest absolute Gasteiger partial charge is 0.241 e. The second kappa shape index (κ2) is 9.53. The number of sulfonamides is 1. The normalized spacial score (nSPS) is 12.2. The van der Waals surface area contributed by atoms with Crippen LogP contribution in [0.5, 0.6) is 0 Å². The van der Waals surface area contributed by atoms with Gasteiger partial charge in [0.1, 0.15) is 0 Å². The van der Waals surface area contributed by atoms with Gasteiger partial charge in [0.05, 0.1) is 11.5 Å². The summed E-state index contributed by atoms with van der Waals surface area (Å²) in [6.07, 6.45) is 0.991. The van der Waals surface area contributed by atoms with Crippen LogP contribution < -0.4 is 10.0 Å². The van der Waals surface area contributed by atoms with Gasteiger partial charge in [-0.05, 0) is 24.9 Å². The molecule has 0 radical (unpaired) electrons. The highest BCUT2D eigenvalue weighted by Crippen LogP contribution is 2.18. The Morgan fingerprint density at radius 1 is 1.33 bits per heavy atom. The summed E-state index contributed by atoms with van der Waals surface area (Å²) in [6.45, 7) is 9.23. The molecule has 0 aliphatic carbocycles. The van der Waals surface area contributed by atoms with E-state index < -0.39 is 10.0 Å². The van der Waals surface area contributed by atoms with Gasteiger partial charge in [0.2, 0.25) is 10.0 Å². The number of ether oxygens (including phenoxy) is 1.